The summed E-state index contributed by atoms with van der Waals surface area (Å²) in [7, 11) is 0. The molecule has 0 N–H and O–H groups in total. The number of thiophene rings is 1. The van der Waals surface area contributed by atoms with Crippen LogP contribution in [0.1, 0.15) is 66.1 Å². The summed E-state index contributed by atoms with van der Waals surface area (Å²) in [6.07, 6.45) is 6.92. The van der Waals surface area contributed by atoms with Crippen LogP contribution in [0.5, 0.6) is 0 Å². The summed E-state index contributed by atoms with van der Waals surface area (Å²) >= 11 is 1.68. The van der Waals surface area contributed by atoms with Gasteiger partial charge in [-0.15, -0.1) is 11.3 Å². The Morgan fingerprint density at radius 1 is 1.42 bits per heavy atom. The highest BCUT2D eigenvalue weighted by atomic mass is 32.1. The van der Waals surface area contributed by atoms with Gasteiger partial charge >= 0.3 is 0 Å². The van der Waals surface area contributed by atoms with E-state index in [4.69, 9.17) is 0 Å². The number of rotatable bonds is 4. The van der Waals surface area contributed by atoms with Crippen LogP contribution in [0.2, 0.25) is 0 Å². The van der Waals surface area contributed by atoms with Crippen LogP contribution in [-0.4, -0.2) is 23.4 Å². The summed E-state index contributed by atoms with van der Waals surface area (Å²) in [5.41, 5.74) is 1.36. The lowest BCUT2D eigenvalue weighted by molar-refractivity contribution is 0.0613. The normalized spacial score (nSPS) is 19.7. The van der Waals surface area contributed by atoms with Gasteiger partial charge in [0.25, 0.3) is 5.91 Å². The Kier molecular flexibility index (Phi) is 5.03. The second-order valence-corrected chi connectivity index (χ2v) is 6.75. The molecule has 1 aliphatic rings. The number of amides is 1. The van der Waals surface area contributed by atoms with Gasteiger partial charge in [-0.3, -0.25) is 4.79 Å². The minimum atomic E-state index is 0.266. The standard InChI is InChI=1S/C16H25NOS/c1-4-8-13-11-15(19-12(13)3)16(18)17-10-7-6-9-14(17)5-2/h11,14H,4-10H2,1-3H3. The van der Waals surface area contributed by atoms with E-state index < -0.39 is 0 Å². The minimum Gasteiger partial charge on any atom is -0.335 e. The molecule has 1 aromatic rings. The van der Waals surface area contributed by atoms with Crippen molar-refractivity contribution in [3.8, 4) is 0 Å². The lowest BCUT2D eigenvalue weighted by atomic mass is 10.00. The highest BCUT2D eigenvalue weighted by Gasteiger charge is 2.27. The van der Waals surface area contributed by atoms with E-state index in [2.05, 4.69) is 31.7 Å². The molecule has 0 aliphatic carbocycles. The van der Waals surface area contributed by atoms with E-state index in [1.54, 1.807) is 11.3 Å². The third-order valence-corrected chi connectivity index (χ3v) is 5.19. The van der Waals surface area contributed by atoms with E-state index in [1.807, 2.05) is 0 Å². The van der Waals surface area contributed by atoms with Crippen molar-refractivity contribution in [2.24, 2.45) is 0 Å². The Labute approximate surface area is 120 Å². The first kappa shape index (κ1) is 14.6. The van der Waals surface area contributed by atoms with Crippen LogP contribution in [0.4, 0.5) is 0 Å². The highest BCUT2D eigenvalue weighted by Crippen LogP contribution is 2.27. The van der Waals surface area contributed by atoms with Gasteiger partial charge in [-0.1, -0.05) is 20.3 Å². The van der Waals surface area contributed by atoms with E-state index in [0.29, 0.717) is 6.04 Å². The maximum atomic E-state index is 12.7. The van der Waals surface area contributed by atoms with Crippen molar-refractivity contribution in [3.05, 3.63) is 21.4 Å². The largest absolute Gasteiger partial charge is 0.335 e. The molecular formula is C16H25NOS. The van der Waals surface area contributed by atoms with Crippen LogP contribution in [0.15, 0.2) is 6.07 Å². The molecule has 0 saturated carbocycles. The Morgan fingerprint density at radius 3 is 2.89 bits per heavy atom. The average molecular weight is 279 g/mol. The van der Waals surface area contributed by atoms with Crippen LogP contribution in [0.3, 0.4) is 0 Å². The molecule has 1 aliphatic heterocycles. The predicted octanol–water partition coefficient (Wildman–Crippen LogP) is 4.41. The van der Waals surface area contributed by atoms with E-state index in [9.17, 15) is 4.79 Å². The molecule has 2 rings (SSSR count). The van der Waals surface area contributed by atoms with E-state index in [0.717, 1.165) is 37.1 Å². The molecule has 1 saturated heterocycles. The maximum absolute atomic E-state index is 12.7. The summed E-state index contributed by atoms with van der Waals surface area (Å²) in [6.45, 7) is 7.46. The second-order valence-electron chi connectivity index (χ2n) is 5.50. The molecule has 0 spiro atoms. The monoisotopic (exact) mass is 279 g/mol. The van der Waals surface area contributed by atoms with Crippen LogP contribution in [0, 0.1) is 6.92 Å². The first-order valence-corrected chi connectivity index (χ1v) is 8.39. The third-order valence-electron chi connectivity index (χ3n) is 4.11. The fraction of sp³-hybridized carbons (Fsp3) is 0.688. The van der Waals surface area contributed by atoms with Crippen molar-refractivity contribution in [2.75, 3.05) is 6.54 Å². The molecule has 0 radical (unpaired) electrons. The van der Waals surface area contributed by atoms with Gasteiger partial charge in [-0.05, 0) is 50.7 Å². The topological polar surface area (TPSA) is 20.3 Å². The van der Waals surface area contributed by atoms with Crippen molar-refractivity contribution < 1.29 is 4.79 Å². The number of hydrogen-bond acceptors (Lipinski definition) is 2. The van der Waals surface area contributed by atoms with Crippen LogP contribution >= 0.6 is 11.3 Å². The molecule has 1 amide bonds. The fourth-order valence-electron chi connectivity index (χ4n) is 2.98. The van der Waals surface area contributed by atoms with Crippen molar-refractivity contribution in [1.82, 2.24) is 4.90 Å². The molecule has 1 fully saturated rings. The zero-order chi connectivity index (χ0) is 13.8. The summed E-state index contributed by atoms with van der Waals surface area (Å²) in [5.74, 6) is 0.266. The first-order valence-electron chi connectivity index (χ1n) is 7.57. The van der Waals surface area contributed by atoms with Crippen LogP contribution < -0.4 is 0 Å². The smallest absolute Gasteiger partial charge is 0.264 e. The summed E-state index contributed by atoms with van der Waals surface area (Å²) in [4.78, 5) is 17.1. The SMILES string of the molecule is CCCc1cc(C(=O)N2CCCCC2CC)sc1C. The number of aryl methyl sites for hydroxylation is 2. The van der Waals surface area contributed by atoms with Gasteiger partial charge in [-0.25, -0.2) is 0 Å². The molecule has 1 atom stereocenters. The van der Waals surface area contributed by atoms with Gasteiger partial charge in [0.15, 0.2) is 0 Å². The van der Waals surface area contributed by atoms with Gasteiger partial charge in [-0.2, -0.15) is 0 Å². The number of likely N-dealkylation sites (tertiary alicyclic amines) is 1. The van der Waals surface area contributed by atoms with Crippen molar-refractivity contribution in [2.45, 2.75) is 65.3 Å². The maximum Gasteiger partial charge on any atom is 0.264 e. The quantitative estimate of drug-likeness (QED) is 0.799. The Bertz CT molecular complexity index is 438. The Balaban J connectivity index is 2.16. The van der Waals surface area contributed by atoms with Crippen molar-refractivity contribution in [1.29, 1.82) is 0 Å². The van der Waals surface area contributed by atoms with E-state index >= 15 is 0 Å². The molecule has 3 heteroatoms. The number of nitrogens with zero attached hydrogens (tertiary/aromatic N) is 1. The second kappa shape index (κ2) is 6.56. The lowest BCUT2D eigenvalue weighted by Gasteiger charge is -2.35. The van der Waals surface area contributed by atoms with Gasteiger partial charge in [0.05, 0.1) is 4.88 Å². The lowest BCUT2D eigenvalue weighted by Crippen LogP contribution is -2.43. The van der Waals surface area contributed by atoms with Crippen molar-refractivity contribution >= 4 is 17.2 Å². The zero-order valence-electron chi connectivity index (χ0n) is 12.4. The van der Waals surface area contributed by atoms with Gasteiger partial charge in [0, 0.05) is 17.5 Å². The van der Waals surface area contributed by atoms with Gasteiger partial charge < -0.3 is 4.90 Å². The first-order chi connectivity index (χ1) is 9.17. The molecule has 106 valence electrons. The average Bonchev–Trinajstić information content (AvgIpc) is 2.80. The van der Waals surface area contributed by atoms with E-state index in [1.165, 1.54) is 23.3 Å². The molecular weight excluding hydrogens is 254 g/mol. The fourth-order valence-corrected chi connectivity index (χ4v) is 4.00. The molecule has 19 heavy (non-hydrogen) atoms. The number of piperidine rings is 1. The number of carbonyl (C=O) groups excluding carboxylic acids is 1. The molecule has 1 unspecified atom stereocenters. The minimum absolute atomic E-state index is 0.266. The molecule has 1 aromatic heterocycles. The van der Waals surface area contributed by atoms with Gasteiger partial charge in [0.1, 0.15) is 0 Å². The Morgan fingerprint density at radius 2 is 2.21 bits per heavy atom. The number of hydrogen-bond donors (Lipinski definition) is 0. The third kappa shape index (κ3) is 3.19. The van der Waals surface area contributed by atoms with E-state index in [-0.39, 0.29) is 5.91 Å². The summed E-state index contributed by atoms with van der Waals surface area (Å²) < 4.78 is 0. The molecule has 0 aromatic carbocycles. The van der Waals surface area contributed by atoms with Gasteiger partial charge in [0.2, 0.25) is 0 Å². The molecule has 2 heterocycles. The van der Waals surface area contributed by atoms with Crippen molar-refractivity contribution in [3.63, 3.8) is 0 Å². The summed E-state index contributed by atoms with van der Waals surface area (Å²) in [6, 6.07) is 2.59. The van der Waals surface area contributed by atoms with Crippen LogP contribution in [-0.2, 0) is 6.42 Å². The Hall–Kier alpha value is -0.830. The zero-order valence-corrected chi connectivity index (χ0v) is 13.2. The highest BCUT2D eigenvalue weighted by molar-refractivity contribution is 7.14. The molecule has 2 nitrogen and oxygen atoms in total. The molecule has 0 bridgehead atoms. The van der Waals surface area contributed by atoms with Crippen LogP contribution in [0.25, 0.3) is 0 Å². The predicted molar refractivity (Wildman–Crippen MR) is 82.0 cm³/mol. The summed E-state index contributed by atoms with van der Waals surface area (Å²) in [5, 5.41) is 0. The number of carbonyl (C=O) groups is 1.